The number of carbonyl (C=O) groups excluding carboxylic acids is 2. The highest BCUT2D eigenvalue weighted by atomic mass is 16.6. The third kappa shape index (κ3) is 2.77. The molecule has 0 radical (unpaired) electrons. The molecule has 0 spiro atoms. The van der Waals surface area contributed by atoms with Gasteiger partial charge in [-0.15, -0.1) is 0 Å². The Bertz CT molecular complexity index is 358. The van der Waals surface area contributed by atoms with Gasteiger partial charge in [-0.1, -0.05) is 6.92 Å². The summed E-state index contributed by atoms with van der Waals surface area (Å²) in [5.41, 5.74) is -0.676. The molecule has 2 fully saturated rings. The number of rotatable bonds is 2. The Morgan fingerprint density at radius 3 is 2.21 bits per heavy atom. The van der Waals surface area contributed by atoms with Crippen LogP contribution in [0.1, 0.15) is 59.8 Å². The third-order valence-electron chi connectivity index (χ3n) is 4.46. The highest BCUT2D eigenvalue weighted by Gasteiger charge is 2.50. The number of piperidine rings is 1. The zero-order valence-electron chi connectivity index (χ0n) is 12.4. The van der Waals surface area contributed by atoms with Crippen LogP contribution in [0.25, 0.3) is 0 Å². The first kappa shape index (κ1) is 14.4. The van der Waals surface area contributed by atoms with Crippen LogP contribution in [0.2, 0.25) is 0 Å². The first-order valence-electron chi connectivity index (χ1n) is 7.28. The quantitative estimate of drug-likeness (QED) is 0.722. The van der Waals surface area contributed by atoms with Crippen LogP contribution >= 0.6 is 0 Å². The van der Waals surface area contributed by atoms with E-state index in [0.29, 0.717) is 0 Å². The molecule has 0 saturated carbocycles. The Labute approximate surface area is 115 Å². The second-order valence-corrected chi connectivity index (χ2v) is 7.01. The highest BCUT2D eigenvalue weighted by molar-refractivity contribution is 5.71. The summed E-state index contributed by atoms with van der Waals surface area (Å²) in [7, 11) is 0. The van der Waals surface area contributed by atoms with Gasteiger partial charge in [-0.05, 0) is 52.9 Å². The summed E-state index contributed by atoms with van der Waals surface area (Å²) in [5, 5.41) is 0. The molecule has 2 saturated heterocycles. The minimum atomic E-state index is -0.458. The van der Waals surface area contributed by atoms with E-state index in [2.05, 4.69) is 6.92 Å². The Balaban J connectivity index is 2.11. The molecule has 0 aliphatic carbocycles. The monoisotopic (exact) mass is 267 g/mol. The van der Waals surface area contributed by atoms with Gasteiger partial charge in [0, 0.05) is 17.5 Å². The fraction of sp³-hybridized carbons (Fsp3) is 0.867. The molecule has 0 aromatic carbocycles. The van der Waals surface area contributed by atoms with E-state index in [0.717, 1.165) is 38.4 Å². The van der Waals surface area contributed by atoms with E-state index in [1.54, 1.807) is 0 Å². The summed E-state index contributed by atoms with van der Waals surface area (Å²) < 4.78 is 5.49. The van der Waals surface area contributed by atoms with Crippen molar-refractivity contribution in [1.82, 2.24) is 4.90 Å². The summed E-state index contributed by atoms with van der Waals surface area (Å²) >= 11 is 0. The van der Waals surface area contributed by atoms with E-state index in [4.69, 9.17) is 4.74 Å². The molecule has 2 bridgehead atoms. The van der Waals surface area contributed by atoms with E-state index in [9.17, 15) is 9.59 Å². The third-order valence-corrected chi connectivity index (χ3v) is 4.46. The number of fused-ring (bicyclic) bond motifs is 2. The van der Waals surface area contributed by atoms with Gasteiger partial charge in [0.1, 0.15) is 11.9 Å². The van der Waals surface area contributed by atoms with Crippen LogP contribution in [0.4, 0.5) is 4.79 Å². The SMILES string of the molecule is CCC1(C=O)CC2CCC(C1)N2C(=O)OC(C)(C)C. The molecule has 2 aliphatic heterocycles. The summed E-state index contributed by atoms with van der Waals surface area (Å²) in [4.78, 5) is 25.6. The molecule has 2 aliphatic rings. The van der Waals surface area contributed by atoms with Crippen LogP contribution in [-0.4, -0.2) is 35.0 Å². The van der Waals surface area contributed by atoms with Gasteiger partial charge in [0.25, 0.3) is 0 Å². The van der Waals surface area contributed by atoms with Crippen molar-refractivity contribution in [3.63, 3.8) is 0 Å². The second kappa shape index (κ2) is 4.80. The molecule has 2 heterocycles. The van der Waals surface area contributed by atoms with Gasteiger partial charge in [-0.3, -0.25) is 0 Å². The van der Waals surface area contributed by atoms with E-state index >= 15 is 0 Å². The lowest BCUT2D eigenvalue weighted by Crippen LogP contribution is -2.52. The fourth-order valence-electron chi connectivity index (χ4n) is 3.46. The van der Waals surface area contributed by atoms with E-state index < -0.39 is 5.60 Å². The van der Waals surface area contributed by atoms with E-state index in [1.165, 1.54) is 0 Å². The first-order valence-corrected chi connectivity index (χ1v) is 7.28. The van der Waals surface area contributed by atoms with Crippen molar-refractivity contribution in [2.24, 2.45) is 5.41 Å². The minimum absolute atomic E-state index is 0.179. The molecule has 1 amide bonds. The first-order chi connectivity index (χ1) is 8.80. The Morgan fingerprint density at radius 2 is 1.84 bits per heavy atom. The number of carbonyl (C=O) groups is 2. The van der Waals surface area contributed by atoms with Gasteiger partial charge >= 0.3 is 6.09 Å². The van der Waals surface area contributed by atoms with Gasteiger partial charge in [0.15, 0.2) is 0 Å². The van der Waals surface area contributed by atoms with Crippen LogP contribution < -0.4 is 0 Å². The molecule has 2 unspecified atom stereocenters. The summed E-state index contributed by atoms with van der Waals surface area (Å²) in [6.45, 7) is 7.73. The second-order valence-electron chi connectivity index (χ2n) is 7.01. The lowest BCUT2D eigenvalue weighted by molar-refractivity contribution is -0.120. The summed E-state index contributed by atoms with van der Waals surface area (Å²) in [5.74, 6) is 0. The molecule has 0 N–H and O–H groups in total. The topological polar surface area (TPSA) is 46.6 Å². The van der Waals surface area contributed by atoms with Gasteiger partial charge < -0.3 is 14.4 Å². The zero-order chi connectivity index (χ0) is 14.3. The molecule has 2 rings (SSSR count). The van der Waals surface area contributed by atoms with E-state index in [1.807, 2.05) is 25.7 Å². The summed E-state index contributed by atoms with van der Waals surface area (Å²) in [6.07, 6.45) is 5.36. The molecule has 4 heteroatoms. The maximum Gasteiger partial charge on any atom is 0.410 e. The van der Waals surface area contributed by atoms with Gasteiger partial charge in [0.2, 0.25) is 0 Å². The maximum absolute atomic E-state index is 12.3. The predicted molar refractivity (Wildman–Crippen MR) is 72.9 cm³/mol. The summed E-state index contributed by atoms with van der Waals surface area (Å²) in [6, 6.07) is 0.359. The van der Waals surface area contributed by atoms with Crippen molar-refractivity contribution < 1.29 is 14.3 Å². The van der Waals surface area contributed by atoms with Crippen LogP contribution in [0.15, 0.2) is 0 Å². The van der Waals surface area contributed by atoms with Crippen molar-refractivity contribution in [2.45, 2.75) is 77.5 Å². The average Bonchev–Trinajstić information content (AvgIpc) is 2.59. The molecule has 108 valence electrons. The van der Waals surface area contributed by atoms with Crippen molar-refractivity contribution in [1.29, 1.82) is 0 Å². The van der Waals surface area contributed by atoms with Gasteiger partial charge in [-0.25, -0.2) is 4.79 Å². The molecule has 0 aromatic rings. The molecule has 2 atom stereocenters. The number of nitrogens with zero attached hydrogens (tertiary/aromatic N) is 1. The van der Waals surface area contributed by atoms with Crippen molar-refractivity contribution in [3.05, 3.63) is 0 Å². The Morgan fingerprint density at radius 1 is 1.32 bits per heavy atom. The molecular weight excluding hydrogens is 242 g/mol. The van der Waals surface area contributed by atoms with Gasteiger partial charge in [-0.2, -0.15) is 0 Å². The normalized spacial score (nSPS) is 34.2. The number of hydrogen-bond acceptors (Lipinski definition) is 3. The van der Waals surface area contributed by atoms with Gasteiger partial charge in [0.05, 0.1) is 0 Å². The number of ether oxygens (including phenoxy) is 1. The Kier molecular flexibility index (Phi) is 3.63. The van der Waals surface area contributed by atoms with Crippen LogP contribution in [0.5, 0.6) is 0 Å². The van der Waals surface area contributed by atoms with Crippen molar-refractivity contribution >= 4 is 12.4 Å². The maximum atomic E-state index is 12.3. The zero-order valence-corrected chi connectivity index (χ0v) is 12.4. The lowest BCUT2D eigenvalue weighted by atomic mass is 9.74. The smallest absolute Gasteiger partial charge is 0.410 e. The number of amides is 1. The predicted octanol–water partition coefficient (Wildman–Crippen LogP) is 3.14. The molecule has 4 nitrogen and oxygen atoms in total. The fourth-order valence-corrected chi connectivity index (χ4v) is 3.46. The highest BCUT2D eigenvalue weighted by Crippen LogP contribution is 2.46. The average molecular weight is 267 g/mol. The largest absolute Gasteiger partial charge is 0.444 e. The number of aldehydes is 1. The minimum Gasteiger partial charge on any atom is -0.444 e. The molecule has 0 aromatic heterocycles. The van der Waals surface area contributed by atoms with Crippen LogP contribution in [0.3, 0.4) is 0 Å². The lowest BCUT2D eigenvalue weighted by Gasteiger charge is -2.43. The Hall–Kier alpha value is -1.06. The van der Waals surface area contributed by atoms with Crippen LogP contribution in [-0.2, 0) is 9.53 Å². The number of hydrogen-bond donors (Lipinski definition) is 0. The molecule has 19 heavy (non-hydrogen) atoms. The van der Waals surface area contributed by atoms with E-state index in [-0.39, 0.29) is 23.6 Å². The molecular formula is C15H25NO3. The van der Waals surface area contributed by atoms with Crippen molar-refractivity contribution in [2.75, 3.05) is 0 Å². The van der Waals surface area contributed by atoms with Crippen LogP contribution in [0, 0.1) is 5.41 Å². The standard InChI is InChI=1S/C15H25NO3/c1-5-15(10-17)8-11-6-7-12(9-15)16(11)13(18)19-14(2,3)4/h10-12H,5-9H2,1-4H3. The van der Waals surface area contributed by atoms with Crippen molar-refractivity contribution in [3.8, 4) is 0 Å².